The molecule has 2 rings (SSSR count). The Morgan fingerprint density at radius 2 is 2.25 bits per heavy atom. The molecule has 1 atom stereocenters. The maximum atomic E-state index is 13.3. The largest absolute Gasteiger partial charge is 0.490 e. The number of rotatable bonds is 5. The van der Waals surface area contributed by atoms with E-state index < -0.39 is 5.82 Å². The van der Waals surface area contributed by atoms with Crippen LogP contribution in [0.3, 0.4) is 0 Å². The summed E-state index contributed by atoms with van der Waals surface area (Å²) in [5, 5.41) is 6.18. The van der Waals surface area contributed by atoms with Gasteiger partial charge in [0.25, 0.3) is 0 Å². The van der Waals surface area contributed by atoms with Crippen LogP contribution in [0.25, 0.3) is 0 Å². The summed E-state index contributed by atoms with van der Waals surface area (Å²) < 4.78 is 18.5. The summed E-state index contributed by atoms with van der Waals surface area (Å²) in [6.45, 7) is 2.02. The van der Waals surface area contributed by atoms with Gasteiger partial charge in [0.05, 0.1) is 13.0 Å². The zero-order valence-electron chi connectivity index (χ0n) is 11.2. The summed E-state index contributed by atoms with van der Waals surface area (Å²) in [4.78, 5) is 11.7. The molecular formula is C14H20ClFN2O2. The lowest BCUT2D eigenvalue weighted by molar-refractivity contribution is -0.122. The van der Waals surface area contributed by atoms with Gasteiger partial charge in [-0.05, 0) is 31.5 Å². The second-order valence-electron chi connectivity index (χ2n) is 4.64. The molecule has 1 aliphatic heterocycles. The Balaban J connectivity index is 0.00000200. The normalized spacial score (nSPS) is 17.9. The molecule has 1 saturated heterocycles. The number of benzene rings is 1. The molecule has 20 heavy (non-hydrogen) atoms. The van der Waals surface area contributed by atoms with Gasteiger partial charge in [-0.3, -0.25) is 4.79 Å². The molecule has 0 bridgehead atoms. The van der Waals surface area contributed by atoms with Crippen LogP contribution in [0, 0.1) is 5.82 Å². The molecule has 1 unspecified atom stereocenters. The summed E-state index contributed by atoms with van der Waals surface area (Å²) >= 11 is 0. The van der Waals surface area contributed by atoms with Gasteiger partial charge in [0.1, 0.15) is 0 Å². The van der Waals surface area contributed by atoms with Gasteiger partial charge in [0, 0.05) is 12.6 Å². The lowest BCUT2D eigenvalue weighted by atomic mass is 10.1. The van der Waals surface area contributed by atoms with Crippen molar-refractivity contribution in [3.63, 3.8) is 0 Å². The van der Waals surface area contributed by atoms with Gasteiger partial charge in [0.2, 0.25) is 5.91 Å². The van der Waals surface area contributed by atoms with E-state index in [0.717, 1.165) is 25.9 Å². The first-order valence-corrected chi connectivity index (χ1v) is 6.63. The fraction of sp³-hybridized carbons (Fsp3) is 0.500. The molecule has 2 N–H and O–H groups in total. The van der Waals surface area contributed by atoms with Crippen LogP contribution in [0.15, 0.2) is 24.3 Å². The molecule has 1 heterocycles. The van der Waals surface area contributed by atoms with Crippen molar-refractivity contribution in [1.29, 1.82) is 0 Å². The number of hydrogen-bond acceptors (Lipinski definition) is 3. The Hall–Kier alpha value is -1.33. The van der Waals surface area contributed by atoms with Crippen molar-refractivity contribution >= 4 is 18.3 Å². The fourth-order valence-corrected chi connectivity index (χ4v) is 2.09. The van der Waals surface area contributed by atoms with E-state index in [2.05, 4.69) is 10.6 Å². The minimum Gasteiger partial charge on any atom is -0.490 e. The number of amides is 1. The zero-order valence-corrected chi connectivity index (χ0v) is 12.0. The standard InChI is InChI=1S/C14H19FN2O2.ClH/c15-12-5-1-2-6-13(12)19-9-7-14(18)17-11-4-3-8-16-10-11;/h1-2,5-6,11,16H,3-4,7-10H2,(H,17,18);1H. The highest BCUT2D eigenvalue weighted by molar-refractivity contribution is 5.85. The predicted octanol–water partition coefficient (Wildman–Crippen LogP) is 1.88. The van der Waals surface area contributed by atoms with Gasteiger partial charge in [0.15, 0.2) is 11.6 Å². The molecule has 1 amide bonds. The molecule has 112 valence electrons. The Bertz CT molecular complexity index is 425. The first-order valence-electron chi connectivity index (χ1n) is 6.63. The average Bonchev–Trinajstić information content (AvgIpc) is 2.42. The van der Waals surface area contributed by atoms with E-state index >= 15 is 0 Å². The number of halogens is 2. The molecule has 0 saturated carbocycles. The SMILES string of the molecule is Cl.O=C(CCOc1ccccc1F)NC1CCCNC1. The number of hydrogen-bond donors (Lipinski definition) is 2. The second-order valence-corrected chi connectivity index (χ2v) is 4.64. The van der Waals surface area contributed by atoms with Gasteiger partial charge >= 0.3 is 0 Å². The maximum absolute atomic E-state index is 13.3. The van der Waals surface area contributed by atoms with E-state index in [1.54, 1.807) is 18.2 Å². The maximum Gasteiger partial charge on any atom is 0.223 e. The highest BCUT2D eigenvalue weighted by atomic mass is 35.5. The third kappa shape index (κ3) is 5.35. The molecule has 1 aromatic rings. The van der Waals surface area contributed by atoms with Gasteiger partial charge in [-0.25, -0.2) is 4.39 Å². The van der Waals surface area contributed by atoms with Crippen LogP contribution in [0.1, 0.15) is 19.3 Å². The number of para-hydroxylation sites is 1. The molecule has 0 spiro atoms. The third-order valence-electron chi connectivity index (χ3n) is 3.09. The molecule has 0 aromatic heterocycles. The number of carbonyl (C=O) groups is 1. The zero-order chi connectivity index (χ0) is 13.5. The second kappa shape index (κ2) is 8.76. The number of piperidine rings is 1. The molecule has 1 fully saturated rings. The van der Waals surface area contributed by atoms with Gasteiger partial charge in [-0.15, -0.1) is 12.4 Å². The van der Waals surface area contributed by atoms with Gasteiger partial charge < -0.3 is 15.4 Å². The van der Waals surface area contributed by atoms with E-state index in [-0.39, 0.29) is 43.1 Å². The topological polar surface area (TPSA) is 50.4 Å². The molecule has 6 heteroatoms. The Labute approximate surface area is 124 Å². The smallest absolute Gasteiger partial charge is 0.223 e. The van der Waals surface area contributed by atoms with E-state index in [1.165, 1.54) is 6.07 Å². The van der Waals surface area contributed by atoms with Crippen molar-refractivity contribution in [3.05, 3.63) is 30.1 Å². The van der Waals surface area contributed by atoms with Crippen LogP contribution < -0.4 is 15.4 Å². The quantitative estimate of drug-likeness (QED) is 0.873. The van der Waals surface area contributed by atoms with Crippen molar-refractivity contribution < 1.29 is 13.9 Å². The molecule has 1 aromatic carbocycles. The first kappa shape index (κ1) is 16.7. The minimum atomic E-state index is -0.403. The molecule has 0 aliphatic carbocycles. The number of ether oxygens (including phenoxy) is 1. The van der Waals surface area contributed by atoms with Crippen LogP contribution >= 0.6 is 12.4 Å². The van der Waals surface area contributed by atoms with Crippen molar-refractivity contribution in [3.8, 4) is 5.75 Å². The van der Waals surface area contributed by atoms with Gasteiger partial charge in [-0.2, -0.15) is 0 Å². The van der Waals surface area contributed by atoms with Crippen LogP contribution in [0.4, 0.5) is 4.39 Å². The molecule has 0 radical (unpaired) electrons. The Morgan fingerprint density at radius 1 is 1.45 bits per heavy atom. The van der Waals surface area contributed by atoms with Crippen molar-refractivity contribution in [1.82, 2.24) is 10.6 Å². The van der Waals surface area contributed by atoms with Crippen LogP contribution in [0.2, 0.25) is 0 Å². The fourth-order valence-electron chi connectivity index (χ4n) is 2.09. The summed E-state index contributed by atoms with van der Waals surface area (Å²) in [5.74, 6) is -0.265. The summed E-state index contributed by atoms with van der Waals surface area (Å²) in [6.07, 6.45) is 2.33. The lowest BCUT2D eigenvalue weighted by Crippen LogP contribution is -2.45. The third-order valence-corrected chi connectivity index (χ3v) is 3.09. The summed E-state index contributed by atoms with van der Waals surface area (Å²) in [7, 11) is 0. The molecular weight excluding hydrogens is 283 g/mol. The van der Waals surface area contributed by atoms with Gasteiger partial charge in [-0.1, -0.05) is 12.1 Å². The molecule has 1 aliphatic rings. The monoisotopic (exact) mass is 302 g/mol. The average molecular weight is 303 g/mol. The lowest BCUT2D eigenvalue weighted by Gasteiger charge is -2.23. The van der Waals surface area contributed by atoms with Crippen LogP contribution in [-0.2, 0) is 4.79 Å². The van der Waals surface area contributed by atoms with Crippen LogP contribution in [0.5, 0.6) is 5.75 Å². The highest BCUT2D eigenvalue weighted by Crippen LogP contribution is 2.15. The Morgan fingerprint density at radius 3 is 2.95 bits per heavy atom. The summed E-state index contributed by atoms with van der Waals surface area (Å²) in [5.41, 5.74) is 0. The highest BCUT2D eigenvalue weighted by Gasteiger charge is 2.15. The van der Waals surface area contributed by atoms with E-state index in [9.17, 15) is 9.18 Å². The van der Waals surface area contributed by atoms with E-state index in [1.807, 2.05) is 0 Å². The van der Waals surface area contributed by atoms with Crippen LogP contribution in [-0.4, -0.2) is 31.6 Å². The van der Waals surface area contributed by atoms with Crippen molar-refractivity contribution in [2.24, 2.45) is 0 Å². The van der Waals surface area contributed by atoms with E-state index in [4.69, 9.17) is 4.74 Å². The summed E-state index contributed by atoms with van der Waals surface area (Å²) in [6, 6.07) is 6.40. The number of nitrogens with one attached hydrogen (secondary N) is 2. The number of carbonyl (C=O) groups excluding carboxylic acids is 1. The van der Waals surface area contributed by atoms with Crippen molar-refractivity contribution in [2.45, 2.75) is 25.3 Å². The van der Waals surface area contributed by atoms with E-state index in [0.29, 0.717) is 0 Å². The minimum absolute atomic E-state index is 0. The van der Waals surface area contributed by atoms with Crippen molar-refractivity contribution in [2.75, 3.05) is 19.7 Å². The predicted molar refractivity (Wildman–Crippen MR) is 77.8 cm³/mol. The Kier molecular flexibility index (Phi) is 7.33. The first-order chi connectivity index (χ1) is 9.25. The molecule has 4 nitrogen and oxygen atoms in total.